The van der Waals surface area contributed by atoms with Gasteiger partial charge in [-0.2, -0.15) is 0 Å². The lowest BCUT2D eigenvalue weighted by atomic mass is 9.49. The number of unbranched alkanes of at least 4 members (excludes halogenated alkanes) is 3. The van der Waals surface area contributed by atoms with Crippen molar-refractivity contribution < 1.29 is 28.9 Å². The molecule has 2 fully saturated rings. The maximum absolute atomic E-state index is 13.0. The molecular formula is C30H35NO6. The molecule has 4 aliphatic rings. The van der Waals surface area contributed by atoms with Gasteiger partial charge < -0.3 is 24.2 Å². The molecule has 2 aliphatic carbocycles. The van der Waals surface area contributed by atoms with E-state index in [1.165, 1.54) is 5.56 Å². The standard InChI is InChI=1S/C30H35NO6/c1-31-17-16-29-25-21-12-13-23(26(25)37-27(29)22(32)14-15-30(29,34)24(31)19-21)36-28(33)35-18-8-3-2-5-9-20-10-6-4-7-11-20/h4,6-7,10-13,24,27,34H,2-3,5,8-9,14-19H2,1H3. The van der Waals surface area contributed by atoms with Crippen molar-refractivity contribution in [2.24, 2.45) is 0 Å². The van der Waals surface area contributed by atoms with Crippen LogP contribution in [0.4, 0.5) is 4.79 Å². The molecule has 4 atom stereocenters. The van der Waals surface area contributed by atoms with Crippen molar-refractivity contribution in [3.8, 4) is 11.5 Å². The summed E-state index contributed by atoms with van der Waals surface area (Å²) in [6.07, 6.45) is 5.51. The molecule has 1 spiro atoms. The molecule has 1 saturated carbocycles. The number of aliphatic hydroxyl groups is 1. The van der Waals surface area contributed by atoms with E-state index in [4.69, 9.17) is 14.2 Å². The first-order chi connectivity index (χ1) is 17.9. The van der Waals surface area contributed by atoms with E-state index in [0.717, 1.165) is 49.8 Å². The van der Waals surface area contributed by atoms with Crippen molar-refractivity contribution in [2.45, 2.75) is 80.9 Å². The van der Waals surface area contributed by atoms with Crippen molar-refractivity contribution in [3.05, 3.63) is 59.2 Å². The molecule has 0 aromatic heterocycles. The van der Waals surface area contributed by atoms with Gasteiger partial charge in [0.1, 0.15) is 0 Å². The summed E-state index contributed by atoms with van der Waals surface area (Å²) in [6.45, 7) is 1.07. The molecular weight excluding hydrogens is 470 g/mol. The highest BCUT2D eigenvalue weighted by molar-refractivity contribution is 5.90. The van der Waals surface area contributed by atoms with Crippen molar-refractivity contribution in [1.29, 1.82) is 0 Å². The topological polar surface area (TPSA) is 85.3 Å². The molecule has 2 aromatic carbocycles. The summed E-state index contributed by atoms with van der Waals surface area (Å²) < 4.78 is 17.2. The average Bonchev–Trinajstić information content (AvgIpc) is 3.26. The number of nitrogens with zero attached hydrogens (tertiary/aromatic N) is 1. The van der Waals surface area contributed by atoms with Crippen LogP contribution >= 0.6 is 0 Å². The lowest BCUT2D eigenvalue weighted by Gasteiger charge is -2.61. The summed E-state index contributed by atoms with van der Waals surface area (Å²) in [4.78, 5) is 27.8. The van der Waals surface area contributed by atoms with E-state index >= 15 is 0 Å². The normalized spacial score (nSPS) is 29.4. The molecule has 6 rings (SSSR count). The smallest absolute Gasteiger partial charge is 0.477 e. The van der Waals surface area contributed by atoms with Crippen LogP contribution in [-0.4, -0.2) is 59.9 Å². The number of ketones is 1. The molecule has 2 aliphatic heterocycles. The summed E-state index contributed by atoms with van der Waals surface area (Å²) in [5.41, 5.74) is 1.44. The van der Waals surface area contributed by atoms with Crippen LogP contribution in [0.5, 0.6) is 11.5 Å². The van der Waals surface area contributed by atoms with Crippen LogP contribution in [0.1, 0.15) is 61.6 Å². The Hall–Kier alpha value is -2.90. The zero-order valence-electron chi connectivity index (χ0n) is 21.4. The Balaban J connectivity index is 1.10. The second-order valence-corrected chi connectivity index (χ2v) is 11.1. The van der Waals surface area contributed by atoms with Crippen LogP contribution in [0, 0.1) is 0 Å². The van der Waals surface area contributed by atoms with Gasteiger partial charge in [-0.1, -0.05) is 49.2 Å². The van der Waals surface area contributed by atoms with Gasteiger partial charge >= 0.3 is 6.16 Å². The molecule has 7 heteroatoms. The Bertz CT molecular complexity index is 1200. The van der Waals surface area contributed by atoms with Gasteiger partial charge in [0, 0.05) is 18.0 Å². The zero-order chi connectivity index (χ0) is 25.6. The van der Waals surface area contributed by atoms with Crippen LogP contribution in [0.25, 0.3) is 0 Å². The SMILES string of the molecule is CN1CCC23c4c5ccc(OC(=O)OCCCCCCc6ccccc6)c4OC2C(=O)CCC3(O)C1C5. The van der Waals surface area contributed by atoms with Gasteiger partial charge in [-0.25, -0.2) is 4.79 Å². The number of rotatable bonds is 8. The number of aryl methyl sites for hydroxylation is 1. The lowest BCUT2D eigenvalue weighted by molar-refractivity contribution is -0.185. The Morgan fingerprint density at radius 1 is 1.11 bits per heavy atom. The lowest BCUT2D eigenvalue weighted by Crippen LogP contribution is -2.76. The van der Waals surface area contributed by atoms with Crippen molar-refractivity contribution in [2.75, 3.05) is 20.2 Å². The predicted octanol–water partition coefficient (Wildman–Crippen LogP) is 4.36. The summed E-state index contributed by atoms with van der Waals surface area (Å²) in [7, 11) is 2.04. The highest BCUT2D eigenvalue weighted by Crippen LogP contribution is 2.64. The molecule has 4 unspecified atom stereocenters. The third-order valence-electron chi connectivity index (χ3n) is 9.13. The van der Waals surface area contributed by atoms with Gasteiger partial charge in [-0.15, -0.1) is 0 Å². The Kier molecular flexibility index (Phi) is 6.24. The average molecular weight is 506 g/mol. The Morgan fingerprint density at radius 2 is 1.92 bits per heavy atom. The fourth-order valence-corrected chi connectivity index (χ4v) is 7.31. The first-order valence-corrected chi connectivity index (χ1v) is 13.6. The molecule has 1 N–H and O–H groups in total. The Labute approximate surface area is 217 Å². The van der Waals surface area contributed by atoms with E-state index in [2.05, 4.69) is 29.2 Å². The van der Waals surface area contributed by atoms with E-state index < -0.39 is 23.3 Å². The van der Waals surface area contributed by atoms with Gasteiger partial charge in [0.05, 0.1) is 17.6 Å². The fraction of sp³-hybridized carbons (Fsp3) is 0.533. The highest BCUT2D eigenvalue weighted by Gasteiger charge is 2.72. The summed E-state index contributed by atoms with van der Waals surface area (Å²) in [5.74, 6) is 0.706. The van der Waals surface area contributed by atoms with Gasteiger partial charge in [-0.3, -0.25) is 4.79 Å². The van der Waals surface area contributed by atoms with E-state index in [9.17, 15) is 14.7 Å². The number of likely N-dealkylation sites (N-methyl/N-ethyl adjacent to an activating group) is 1. The maximum Gasteiger partial charge on any atom is 0.513 e. The van der Waals surface area contributed by atoms with Crippen molar-refractivity contribution in [3.63, 3.8) is 0 Å². The number of ether oxygens (including phenoxy) is 3. The van der Waals surface area contributed by atoms with Crippen LogP contribution in [-0.2, 0) is 27.8 Å². The van der Waals surface area contributed by atoms with Gasteiger partial charge in [0.15, 0.2) is 23.4 Å². The fourth-order valence-electron chi connectivity index (χ4n) is 7.31. The molecule has 2 heterocycles. The summed E-state index contributed by atoms with van der Waals surface area (Å²) >= 11 is 0. The molecule has 37 heavy (non-hydrogen) atoms. The van der Waals surface area contributed by atoms with Gasteiger partial charge in [0.2, 0.25) is 0 Å². The van der Waals surface area contributed by atoms with Crippen molar-refractivity contribution >= 4 is 11.9 Å². The number of likely N-dealkylation sites (tertiary alicyclic amines) is 1. The zero-order valence-corrected chi connectivity index (χ0v) is 21.4. The molecule has 2 bridgehead atoms. The number of hydrogen-bond donors (Lipinski definition) is 1. The van der Waals surface area contributed by atoms with E-state index in [1.807, 2.05) is 19.2 Å². The number of hydrogen-bond acceptors (Lipinski definition) is 7. The molecule has 1 saturated heterocycles. The first-order valence-electron chi connectivity index (χ1n) is 13.6. The highest BCUT2D eigenvalue weighted by atomic mass is 16.7. The molecule has 196 valence electrons. The first kappa shape index (κ1) is 24.4. The molecule has 2 aromatic rings. The molecule has 0 amide bonds. The third-order valence-corrected chi connectivity index (χ3v) is 9.13. The quantitative estimate of drug-likeness (QED) is 0.324. The summed E-state index contributed by atoms with van der Waals surface area (Å²) in [5, 5.41) is 12.0. The number of carbonyl (C=O) groups is 2. The second-order valence-electron chi connectivity index (χ2n) is 11.1. The number of benzene rings is 2. The van der Waals surface area contributed by atoms with Gasteiger partial charge in [-0.05, 0) is 69.3 Å². The minimum absolute atomic E-state index is 0.0119. The van der Waals surface area contributed by atoms with Crippen LogP contribution in [0.2, 0.25) is 0 Å². The minimum Gasteiger partial charge on any atom is -0.477 e. The van der Waals surface area contributed by atoms with E-state index in [-0.39, 0.29) is 17.6 Å². The van der Waals surface area contributed by atoms with Crippen LogP contribution in [0.3, 0.4) is 0 Å². The predicted molar refractivity (Wildman–Crippen MR) is 137 cm³/mol. The maximum atomic E-state index is 13.0. The minimum atomic E-state index is -1.05. The van der Waals surface area contributed by atoms with Gasteiger partial charge in [0.25, 0.3) is 0 Å². The van der Waals surface area contributed by atoms with E-state index in [0.29, 0.717) is 38.0 Å². The van der Waals surface area contributed by atoms with E-state index in [1.54, 1.807) is 6.07 Å². The monoisotopic (exact) mass is 505 g/mol. The third kappa shape index (κ3) is 3.86. The number of carbonyl (C=O) groups excluding carboxylic acids is 2. The molecule has 0 radical (unpaired) electrons. The second kappa shape index (κ2) is 9.44. The van der Waals surface area contributed by atoms with Crippen LogP contribution in [0.15, 0.2) is 42.5 Å². The Morgan fingerprint density at radius 3 is 2.76 bits per heavy atom. The summed E-state index contributed by atoms with van der Waals surface area (Å²) in [6, 6.07) is 14.1. The molecule has 7 nitrogen and oxygen atoms in total. The van der Waals surface area contributed by atoms with Crippen LogP contribution < -0.4 is 9.47 Å². The largest absolute Gasteiger partial charge is 0.513 e. The van der Waals surface area contributed by atoms with Crippen molar-refractivity contribution in [1.82, 2.24) is 4.90 Å². The number of piperidine rings is 1. The number of Topliss-reactive ketones (excluding diaryl/α,β-unsaturated/α-hetero) is 1.